The first-order valence-electron chi connectivity index (χ1n) is 6.19. The Balaban J connectivity index is 2.40. The van der Waals surface area contributed by atoms with E-state index < -0.39 is 17.7 Å². The zero-order valence-electron chi connectivity index (χ0n) is 11.2. The summed E-state index contributed by atoms with van der Waals surface area (Å²) in [6, 6.07) is 6.25. The predicted octanol–water partition coefficient (Wildman–Crippen LogP) is 4.37. The number of rotatable bonds is 4. The van der Waals surface area contributed by atoms with Gasteiger partial charge in [-0.25, -0.2) is 4.79 Å². The van der Waals surface area contributed by atoms with Crippen LogP contribution in [0.2, 0.25) is 0 Å². The molecule has 0 aliphatic rings. The minimum atomic E-state index is -4.40. The van der Waals surface area contributed by atoms with Gasteiger partial charge in [0.05, 0.1) is 18.1 Å². The monoisotopic (exact) mass is 308 g/mol. The van der Waals surface area contributed by atoms with Crippen LogP contribution in [0.25, 0.3) is 5.57 Å². The summed E-state index contributed by atoms with van der Waals surface area (Å²) >= 11 is 0. The molecule has 1 N–H and O–H groups in total. The highest BCUT2D eigenvalue weighted by atomic mass is 19.4. The summed E-state index contributed by atoms with van der Waals surface area (Å²) in [6.45, 7) is 0. The van der Waals surface area contributed by atoms with Crippen LogP contribution < -0.4 is 0 Å². The van der Waals surface area contributed by atoms with Crippen molar-refractivity contribution in [2.75, 3.05) is 0 Å². The molecule has 2 aromatic rings. The molecule has 0 saturated carbocycles. The van der Waals surface area contributed by atoms with Crippen LogP contribution in [0.5, 0.6) is 0 Å². The van der Waals surface area contributed by atoms with E-state index in [0.717, 1.165) is 18.2 Å². The van der Waals surface area contributed by atoms with Crippen LogP contribution in [-0.4, -0.2) is 11.1 Å². The van der Waals surface area contributed by atoms with Crippen LogP contribution in [0.4, 0.5) is 13.2 Å². The van der Waals surface area contributed by atoms with Gasteiger partial charge >= 0.3 is 12.1 Å². The zero-order chi connectivity index (χ0) is 16.2. The van der Waals surface area contributed by atoms with Crippen molar-refractivity contribution in [2.45, 2.75) is 6.18 Å². The lowest BCUT2D eigenvalue weighted by atomic mass is 9.98. The molecule has 22 heavy (non-hydrogen) atoms. The second-order valence-electron chi connectivity index (χ2n) is 4.36. The van der Waals surface area contributed by atoms with Crippen molar-refractivity contribution in [2.24, 2.45) is 0 Å². The molecule has 0 amide bonds. The fourth-order valence-corrected chi connectivity index (χ4v) is 1.84. The molecular formula is C16H11F3O3. The summed E-state index contributed by atoms with van der Waals surface area (Å²) in [4.78, 5) is 10.5. The van der Waals surface area contributed by atoms with Crippen LogP contribution in [-0.2, 0) is 11.0 Å². The standard InChI is InChI=1S/C16H11F3O3/c17-16(18,19)13-6-4-11(5-7-13)14(2-1-3-15(20)21)12-8-9-22-10-12/h1-10H,(H,20,21)/b3-1+,14-2-. The van der Waals surface area contributed by atoms with Crippen molar-refractivity contribution in [3.63, 3.8) is 0 Å². The minimum Gasteiger partial charge on any atom is -0.478 e. The summed E-state index contributed by atoms with van der Waals surface area (Å²) in [7, 11) is 0. The molecule has 6 heteroatoms. The van der Waals surface area contributed by atoms with Gasteiger partial charge in [-0.2, -0.15) is 13.2 Å². The highest BCUT2D eigenvalue weighted by Gasteiger charge is 2.30. The fraction of sp³-hybridized carbons (Fsp3) is 0.0625. The highest BCUT2D eigenvalue weighted by Crippen LogP contribution is 2.31. The first-order chi connectivity index (χ1) is 10.4. The Morgan fingerprint density at radius 1 is 1.09 bits per heavy atom. The molecular weight excluding hydrogens is 297 g/mol. The zero-order valence-corrected chi connectivity index (χ0v) is 11.2. The van der Waals surface area contributed by atoms with Crippen molar-refractivity contribution < 1.29 is 27.5 Å². The van der Waals surface area contributed by atoms with Gasteiger partial charge < -0.3 is 9.52 Å². The fourth-order valence-electron chi connectivity index (χ4n) is 1.84. The number of aliphatic carboxylic acids is 1. The molecule has 1 heterocycles. The Hall–Kier alpha value is -2.76. The van der Waals surface area contributed by atoms with E-state index in [-0.39, 0.29) is 0 Å². The lowest BCUT2D eigenvalue weighted by molar-refractivity contribution is -0.137. The summed E-state index contributed by atoms with van der Waals surface area (Å²) < 4.78 is 42.7. The number of alkyl halides is 3. The number of benzene rings is 1. The van der Waals surface area contributed by atoms with Gasteiger partial charge in [-0.1, -0.05) is 24.3 Å². The molecule has 1 aromatic carbocycles. The number of furan rings is 1. The van der Waals surface area contributed by atoms with Crippen molar-refractivity contribution in [3.05, 3.63) is 77.8 Å². The molecule has 0 aliphatic heterocycles. The number of allylic oxidation sites excluding steroid dienone is 2. The van der Waals surface area contributed by atoms with Crippen LogP contribution in [0.3, 0.4) is 0 Å². The molecule has 0 spiro atoms. The number of hydrogen-bond acceptors (Lipinski definition) is 2. The molecule has 0 saturated heterocycles. The van der Waals surface area contributed by atoms with Crippen LogP contribution in [0.1, 0.15) is 16.7 Å². The first kappa shape index (κ1) is 15.6. The number of carboxylic acid groups (broad SMARTS) is 1. The number of carboxylic acids is 1. The van der Waals surface area contributed by atoms with Gasteiger partial charge in [-0.3, -0.25) is 0 Å². The summed E-state index contributed by atoms with van der Waals surface area (Å²) in [6.07, 6.45) is 2.20. The normalized spacial score (nSPS) is 12.8. The van der Waals surface area contributed by atoms with Gasteiger partial charge in [-0.15, -0.1) is 0 Å². The molecule has 2 rings (SSSR count). The van der Waals surface area contributed by atoms with Crippen molar-refractivity contribution in [3.8, 4) is 0 Å². The molecule has 1 aromatic heterocycles. The maximum Gasteiger partial charge on any atom is 0.416 e. The van der Waals surface area contributed by atoms with E-state index in [1.165, 1.54) is 36.8 Å². The first-order valence-corrected chi connectivity index (χ1v) is 6.19. The maximum atomic E-state index is 12.6. The van der Waals surface area contributed by atoms with Crippen molar-refractivity contribution in [1.29, 1.82) is 0 Å². The maximum absolute atomic E-state index is 12.6. The van der Waals surface area contributed by atoms with Crippen molar-refractivity contribution >= 4 is 11.5 Å². The Morgan fingerprint density at radius 3 is 2.27 bits per heavy atom. The Bertz CT molecular complexity index is 693. The highest BCUT2D eigenvalue weighted by molar-refractivity contribution is 5.83. The number of hydrogen-bond donors (Lipinski definition) is 1. The van der Waals surface area contributed by atoms with E-state index in [9.17, 15) is 18.0 Å². The largest absolute Gasteiger partial charge is 0.478 e. The SMILES string of the molecule is O=C(O)/C=C/C=C(/c1ccc(C(F)(F)F)cc1)c1ccoc1. The van der Waals surface area contributed by atoms with Crippen LogP contribution in [0.15, 0.2) is 65.5 Å². The third-order valence-corrected chi connectivity index (χ3v) is 2.86. The molecule has 0 aliphatic carbocycles. The summed E-state index contributed by atoms with van der Waals surface area (Å²) in [5, 5.41) is 8.59. The smallest absolute Gasteiger partial charge is 0.416 e. The average Bonchev–Trinajstić information content (AvgIpc) is 2.96. The second-order valence-corrected chi connectivity index (χ2v) is 4.36. The van der Waals surface area contributed by atoms with E-state index >= 15 is 0 Å². The van der Waals surface area contributed by atoms with Gasteiger partial charge in [0.25, 0.3) is 0 Å². The molecule has 0 bridgehead atoms. The van der Waals surface area contributed by atoms with E-state index in [4.69, 9.17) is 9.52 Å². The lowest BCUT2D eigenvalue weighted by Gasteiger charge is -2.09. The third-order valence-electron chi connectivity index (χ3n) is 2.86. The minimum absolute atomic E-state index is 0.518. The predicted molar refractivity (Wildman–Crippen MR) is 74.0 cm³/mol. The number of carbonyl (C=O) groups is 1. The van der Waals surface area contributed by atoms with Crippen molar-refractivity contribution in [1.82, 2.24) is 0 Å². The Labute approximate surface area is 124 Å². The average molecular weight is 308 g/mol. The molecule has 0 unspecified atom stereocenters. The quantitative estimate of drug-likeness (QED) is 0.674. The summed E-state index contributed by atoms with van der Waals surface area (Å²) in [5.41, 5.74) is 0.961. The molecule has 0 atom stereocenters. The van der Waals surface area contributed by atoms with Gasteiger partial charge in [0.2, 0.25) is 0 Å². The third kappa shape index (κ3) is 3.88. The lowest BCUT2D eigenvalue weighted by Crippen LogP contribution is -2.04. The van der Waals surface area contributed by atoms with Gasteiger partial charge in [0.15, 0.2) is 0 Å². The van der Waals surface area contributed by atoms with E-state index in [1.54, 1.807) is 6.07 Å². The van der Waals surface area contributed by atoms with Gasteiger partial charge in [0.1, 0.15) is 0 Å². The van der Waals surface area contributed by atoms with E-state index in [0.29, 0.717) is 16.7 Å². The van der Waals surface area contributed by atoms with Gasteiger partial charge in [0, 0.05) is 11.6 Å². The molecule has 114 valence electrons. The van der Waals surface area contributed by atoms with Crippen LogP contribution >= 0.6 is 0 Å². The van der Waals surface area contributed by atoms with Crippen LogP contribution in [0, 0.1) is 0 Å². The molecule has 0 radical (unpaired) electrons. The number of halogens is 3. The van der Waals surface area contributed by atoms with E-state index in [2.05, 4.69) is 0 Å². The second kappa shape index (κ2) is 6.34. The summed E-state index contributed by atoms with van der Waals surface area (Å²) in [5.74, 6) is -1.12. The Morgan fingerprint density at radius 2 is 1.77 bits per heavy atom. The topological polar surface area (TPSA) is 50.4 Å². The molecule has 3 nitrogen and oxygen atoms in total. The van der Waals surface area contributed by atoms with Gasteiger partial charge in [-0.05, 0) is 29.3 Å². The van der Waals surface area contributed by atoms with E-state index in [1.807, 2.05) is 0 Å². The Kier molecular flexibility index (Phi) is 4.50. The molecule has 0 fully saturated rings.